The Labute approximate surface area is 179 Å². The van der Waals surface area contributed by atoms with Crippen LogP contribution in [0.5, 0.6) is 0 Å². The summed E-state index contributed by atoms with van der Waals surface area (Å²) < 4.78 is 15.7. The van der Waals surface area contributed by atoms with Crippen LogP contribution >= 0.6 is 0 Å². The maximum atomic E-state index is 12.6. The summed E-state index contributed by atoms with van der Waals surface area (Å²) in [6.45, 7) is 15.3. The minimum absolute atomic E-state index is 0.0410. The van der Waals surface area contributed by atoms with Crippen molar-refractivity contribution in [2.75, 3.05) is 26.2 Å². The Morgan fingerprint density at radius 1 is 0.833 bits per heavy atom. The maximum absolute atomic E-state index is 12.6. The zero-order valence-corrected chi connectivity index (χ0v) is 19.7. The number of hydrogen-bond donors (Lipinski definition) is 3. The number of aliphatic hydroxyl groups excluding tert-OH is 1. The Kier molecular flexibility index (Phi) is 10.4. The number of carbonyl (C=O) groups is 3. The molecule has 0 spiro atoms. The van der Waals surface area contributed by atoms with E-state index in [1.165, 1.54) is 4.90 Å². The summed E-state index contributed by atoms with van der Waals surface area (Å²) in [5.41, 5.74) is -2.08. The lowest BCUT2D eigenvalue weighted by Gasteiger charge is -2.30. The van der Waals surface area contributed by atoms with Crippen molar-refractivity contribution in [3.63, 3.8) is 0 Å². The van der Waals surface area contributed by atoms with Crippen LogP contribution < -0.4 is 10.6 Å². The highest BCUT2D eigenvalue weighted by Gasteiger charge is 2.27. The molecule has 0 rings (SSSR count). The van der Waals surface area contributed by atoms with Gasteiger partial charge in [-0.15, -0.1) is 0 Å². The van der Waals surface area contributed by atoms with E-state index in [1.54, 1.807) is 62.3 Å². The molecule has 0 aromatic heterocycles. The van der Waals surface area contributed by atoms with E-state index in [9.17, 15) is 19.5 Å². The van der Waals surface area contributed by atoms with E-state index in [0.29, 0.717) is 0 Å². The normalized spacial score (nSPS) is 13.1. The molecule has 0 aliphatic rings. The van der Waals surface area contributed by atoms with Gasteiger partial charge in [0.1, 0.15) is 16.8 Å². The lowest BCUT2D eigenvalue weighted by Crippen LogP contribution is -2.51. The summed E-state index contributed by atoms with van der Waals surface area (Å²) >= 11 is 0. The summed E-state index contributed by atoms with van der Waals surface area (Å²) in [6.07, 6.45) is -1.97. The first-order chi connectivity index (χ1) is 13.4. The van der Waals surface area contributed by atoms with Crippen LogP contribution in [0.25, 0.3) is 0 Å². The molecule has 0 radical (unpaired) electrons. The molecule has 0 aliphatic carbocycles. The zero-order chi connectivity index (χ0) is 23.8. The first-order valence-electron chi connectivity index (χ1n) is 9.97. The smallest absolute Gasteiger partial charge is 0.410 e. The number of carbonyl (C=O) groups excluding carboxylic acids is 3. The standard InChI is InChI=1S/C20H39N3O7/c1-18(2,3)28-15(25)21-10-11-23(17(27)30-20(7,8)9)12-14(13-24)22-16(26)29-19(4,5)6/h14,24H,10-13H2,1-9H3,(H,21,25)(H,22,26). The summed E-state index contributed by atoms with van der Waals surface area (Å²) in [6, 6.07) is -0.783. The van der Waals surface area contributed by atoms with E-state index in [0.717, 1.165) is 0 Å². The molecule has 0 heterocycles. The Morgan fingerprint density at radius 2 is 1.30 bits per heavy atom. The van der Waals surface area contributed by atoms with Gasteiger partial charge in [0.2, 0.25) is 0 Å². The third-order valence-corrected chi connectivity index (χ3v) is 3.08. The molecule has 176 valence electrons. The summed E-state index contributed by atoms with van der Waals surface area (Å²) in [5, 5.41) is 14.7. The van der Waals surface area contributed by atoms with E-state index in [1.807, 2.05) is 0 Å². The van der Waals surface area contributed by atoms with Gasteiger partial charge in [-0.05, 0) is 62.3 Å². The molecule has 0 saturated carbocycles. The van der Waals surface area contributed by atoms with Crippen LogP contribution in [0.15, 0.2) is 0 Å². The Morgan fingerprint density at radius 3 is 1.73 bits per heavy atom. The van der Waals surface area contributed by atoms with Gasteiger partial charge in [0, 0.05) is 19.6 Å². The van der Waals surface area contributed by atoms with Crippen LogP contribution in [-0.2, 0) is 14.2 Å². The highest BCUT2D eigenvalue weighted by molar-refractivity contribution is 5.70. The summed E-state index contributed by atoms with van der Waals surface area (Å²) in [7, 11) is 0. The minimum Gasteiger partial charge on any atom is -0.444 e. The first kappa shape index (κ1) is 27.8. The second-order valence-corrected chi connectivity index (χ2v) is 9.88. The monoisotopic (exact) mass is 433 g/mol. The molecule has 1 unspecified atom stereocenters. The van der Waals surface area contributed by atoms with Gasteiger partial charge in [0.15, 0.2) is 0 Å². The minimum atomic E-state index is -0.783. The van der Waals surface area contributed by atoms with Crippen molar-refractivity contribution in [2.45, 2.75) is 85.2 Å². The predicted octanol–water partition coefficient (Wildman–Crippen LogP) is 2.63. The molecule has 30 heavy (non-hydrogen) atoms. The van der Waals surface area contributed by atoms with Gasteiger partial charge in [0.25, 0.3) is 0 Å². The summed E-state index contributed by atoms with van der Waals surface area (Å²) in [4.78, 5) is 37.7. The van der Waals surface area contributed by atoms with Crippen LogP contribution in [0.3, 0.4) is 0 Å². The van der Waals surface area contributed by atoms with Gasteiger partial charge in [0.05, 0.1) is 12.6 Å². The van der Waals surface area contributed by atoms with E-state index in [4.69, 9.17) is 14.2 Å². The fraction of sp³-hybridized carbons (Fsp3) is 0.850. The molecule has 3 N–H and O–H groups in total. The van der Waals surface area contributed by atoms with Gasteiger partial charge < -0.3 is 34.9 Å². The third-order valence-electron chi connectivity index (χ3n) is 3.08. The van der Waals surface area contributed by atoms with Gasteiger partial charge >= 0.3 is 18.3 Å². The van der Waals surface area contributed by atoms with Crippen LogP contribution in [0, 0.1) is 0 Å². The molecule has 0 bridgehead atoms. The molecule has 10 nitrogen and oxygen atoms in total. The summed E-state index contributed by atoms with van der Waals surface area (Å²) in [5.74, 6) is 0. The molecule has 10 heteroatoms. The number of hydrogen-bond acceptors (Lipinski definition) is 7. The Hall–Kier alpha value is -2.23. The van der Waals surface area contributed by atoms with E-state index in [-0.39, 0.29) is 19.6 Å². The van der Waals surface area contributed by atoms with E-state index >= 15 is 0 Å². The van der Waals surface area contributed by atoms with Crippen molar-refractivity contribution in [3.05, 3.63) is 0 Å². The van der Waals surface area contributed by atoms with Gasteiger partial charge in [-0.25, -0.2) is 14.4 Å². The van der Waals surface area contributed by atoms with Crippen LogP contribution in [0.2, 0.25) is 0 Å². The molecular formula is C20H39N3O7. The molecule has 0 saturated heterocycles. The van der Waals surface area contributed by atoms with Crippen LogP contribution in [0.1, 0.15) is 62.3 Å². The number of ether oxygens (including phenoxy) is 3. The fourth-order valence-corrected chi connectivity index (χ4v) is 2.08. The highest BCUT2D eigenvalue weighted by atomic mass is 16.6. The zero-order valence-electron chi connectivity index (χ0n) is 19.7. The van der Waals surface area contributed by atoms with Crippen molar-refractivity contribution in [3.8, 4) is 0 Å². The number of nitrogens with zero attached hydrogens (tertiary/aromatic N) is 1. The number of rotatable bonds is 7. The quantitative estimate of drug-likeness (QED) is 0.527. The average Bonchev–Trinajstić information content (AvgIpc) is 2.47. The number of amides is 3. The molecule has 0 aromatic carbocycles. The fourth-order valence-electron chi connectivity index (χ4n) is 2.08. The van der Waals surface area contributed by atoms with E-state index in [2.05, 4.69) is 10.6 Å². The van der Waals surface area contributed by atoms with Gasteiger partial charge in [-0.3, -0.25) is 0 Å². The molecular weight excluding hydrogens is 394 g/mol. The number of aliphatic hydroxyl groups is 1. The second kappa shape index (κ2) is 11.2. The van der Waals surface area contributed by atoms with Crippen molar-refractivity contribution in [2.24, 2.45) is 0 Å². The maximum Gasteiger partial charge on any atom is 0.410 e. The van der Waals surface area contributed by atoms with Crippen molar-refractivity contribution in [1.82, 2.24) is 15.5 Å². The number of alkyl carbamates (subject to hydrolysis) is 2. The van der Waals surface area contributed by atoms with Crippen molar-refractivity contribution in [1.29, 1.82) is 0 Å². The molecule has 1 atom stereocenters. The van der Waals surface area contributed by atoms with E-state index < -0.39 is 47.7 Å². The van der Waals surface area contributed by atoms with Crippen LogP contribution in [0.4, 0.5) is 14.4 Å². The van der Waals surface area contributed by atoms with Crippen LogP contribution in [-0.4, -0.2) is 77.4 Å². The topological polar surface area (TPSA) is 126 Å². The Balaban J connectivity index is 5.04. The van der Waals surface area contributed by atoms with Gasteiger partial charge in [-0.2, -0.15) is 0 Å². The highest BCUT2D eigenvalue weighted by Crippen LogP contribution is 2.11. The third kappa shape index (κ3) is 14.7. The van der Waals surface area contributed by atoms with Crippen molar-refractivity contribution >= 4 is 18.3 Å². The Bertz CT molecular complexity index is 574. The SMILES string of the molecule is CC(C)(C)OC(=O)NCCN(CC(CO)NC(=O)OC(C)(C)C)C(=O)OC(C)(C)C. The second-order valence-electron chi connectivity index (χ2n) is 9.88. The molecule has 0 aliphatic heterocycles. The lowest BCUT2D eigenvalue weighted by atomic mass is 10.2. The van der Waals surface area contributed by atoms with Crippen molar-refractivity contribution < 1.29 is 33.7 Å². The average molecular weight is 434 g/mol. The number of nitrogens with one attached hydrogen (secondary N) is 2. The molecule has 3 amide bonds. The molecule has 0 fully saturated rings. The predicted molar refractivity (Wildman–Crippen MR) is 112 cm³/mol. The first-order valence-corrected chi connectivity index (χ1v) is 9.97. The largest absolute Gasteiger partial charge is 0.444 e. The van der Waals surface area contributed by atoms with Gasteiger partial charge in [-0.1, -0.05) is 0 Å². The lowest BCUT2D eigenvalue weighted by molar-refractivity contribution is 0.0186. The molecule has 0 aromatic rings.